The van der Waals surface area contributed by atoms with Crippen molar-refractivity contribution in [1.29, 1.82) is 0 Å². The number of halogens is 3. The predicted molar refractivity (Wildman–Crippen MR) is 102 cm³/mol. The van der Waals surface area contributed by atoms with Gasteiger partial charge in [-0.05, 0) is 37.0 Å². The molecular formula is C20H27F3N4O2. The molecule has 6 nitrogen and oxygen atoms in total. The van der Waals surface area contributed by atoms with E-state index in [9.17, 15) is 22.8 Å². The normalized spacial score (nSPS) is 22.0. The lowest BCUT2D eigenvalue weighted by Gasteiger charge is -2.34. The molecule has 1 aromatic carbocycles. The maximum absolute atomic E-state index is 12.6. The van der Waals surface area contributed by atoms with Crippen LogP contribution in [0.15, 0.2) is 24.3 Å². The van der Waals surface area contributed by atoms with Crippen LogP contribution in [0.1, 0.15) is 30.4 Å². The van der Waals surface area contributed by atoms with Gasteiger partial charge in [0.25, 0.3) is 0 Å². The number of amides is 2. The first kappa shape index (κ1) is 21.6. The molecular weight excluding hydrogens is 385 g/mol. The highest BCUT2D eigenvalue weighted by Gasteiger charge is 2.30. The summed E-state index contributed by atoms with van der Waals surface area (Å²) in [6.07, 6.45) is -1.81. The summed E-state index contributed by atoms with van der Waals surface area (Å²) >= 11 is 0. The summed E-state index contributed by atoms with van der Waals surface area (Å²) in [7, 11) is 0. The Morgan fingerprint density at radius 1 is 1.07 bits per heavy atom. The number of nitrogens with zero attached hydrogens (tertiary/aromatic N) is 2. The number of nitrogens with one attached hydrogen (secondary N) is 2. The zero-order chi connectivity index (χ0) is 20.9. The minimum atomic E-state index is -4.32. The summed E-state index contributed by atoms with van der Waals surface area (Å²) in [4.78, 5) is 28.4. The second kappa shape index (κ2) is 9.58. The van der Waals surface area contributed by atoms with E-state index in [1.807, 2.05) is 4.90 Å². The number of alkyl halides is 3. The summed E-state index contributed by atoms with van der Waals surface area (Å²) in [6.45, 7) is 4.36. The summed E-state index contributed by atoms with van der Waals surface area (Å²) < 4.78 is 37.9. The fraction of sp³-hybridized carbons (Fsp3) is 0.600. The first-order valence-corrected chi connectivity index (χ1v) is 9.99. The summed E-state index contributed by atoms with van der Waals surface area (Å²) in [5.74, 6) is -0.263. The highest BCUT2D eigenvalue weighted by atomic mass is 19.4. The maximum Gasteiger partial charge on any atom is 0.416 e. The van der Waals surface area contributed by atoms with Gasteiger partial charge in [-0.3, -0.25) is 19.4 Å². The Kier molecular flexibility index (Phi) is 7.13. The van der Waals surface area contributed by atoms with Crippen LogP contribution in [0.4, 0.5) is 13.2 Å². The van der Waals surface area contributed by atoms with Crippen LogP contribution in [-0.2, 0) is 22.3 Å². The Morgan fingerprint density at radius 2 is 1.72 bits per heavy atom. The summed E-state index contributed by atoms with van der Waals surface area (Å²) in [5, 5.41) is 5.63. The zero-order valence-electron chi connectivity index (χ0n) is 16.3. The number of rotatable bonds is 5. The van der Waals surface area contributed by atoms with Gasteiger partial charge in [0.15, 0.2) is 0 Å². The lowest BCUT2D eigenvalue weighted by Crippen LogP contribution is -2.52. The molecule has 0 saturated carbocycles. The Labute approximate surface area is 168 Å². The molecule has 160 valence electrons. The van der Waals surface area contributed by atoms with Gasteiger partial charge in [-0.15, -0.1) is 0 Å². The lowest BCUT2D eigenvalue weighted by atomic mass is 10.1. The van der Waals surface area contributed by atoms with E-state index in [2.05, 4.69) is 15.5 Å². The first-order chi connectivity index (χ1) is 13.8. The van der Waals surface area contributed by atoms with E-state index in [1.165, 1.54) is 12.1 Å². The van der Waals surface area contributed by atoms with Crippen LogP contribution in [0, 0.1) is 0 Å². The van der Waals surface area contributed by atoms with Crippen molar-refractivity contribution in [1.82, 2.24) is 20.4 Å². The van der Waals surface area contributed by atoms with E-state index in [0.29, 0.717) is 32.6 Å². The molecule has 2 amide bonds. The number of benzene rings is 1. The van der Waals surface area contributed by atoms with Crippen LogP contribution in [0.25, 0.3) is 0 Å². The van der Waals surface area contributed by atoms with Crippen LogP contribution < -0.4 is 10.6 Å². The average Bonchev–Trinajstić information content (AvgIpc) is 2.87. The monoisotopic (exact) mass is 412 g/mol. The Morgan fingerprint density at radius 3 is 2.38 bits per heavy atom. The molecule has 2 N–H and O–H groups in total. The van der Waals surface area contributed by atoms with Gasteiger partial charge >= 0.3 is 6.18 Å². The molecule has 1 atom stereocenters. The van der Waals surface area contributed by atoms with Gasteiger partial charge in [0.1, 0.15) is 6.04 Å². The molecule has 2 fully saturated rings. The topological polar surface area (TPSA) is 64.7 Å². The number of piperazine rings is 1. The SMILES string of the molecule is O=C(CN1CCN(Cc2ccc(C(F)(F)F)cc2)CC1)NC1CCCCNC1=O. The number of carbonyl (C=O) groups is 2. The predicted octanol–water partition coefficient (Wildman–Crippen LogP) is 1.61. The first-order valence-electron chi connectivity index (χ1n) is 9.99. The standard InChI is InChI=1S/C20H27F3N4O2/c21-20(22,23)16-6-4-15(5-7-16)13-26-9-11-27(12-10-26)14-18(28)25-17-3-1-2-8-24-19(17)29/h4-7,17H,1-3,8-14H2,(H,24,29)(H,25,28). The average molecular weight is 412 g/mol. The van der Waals surface area contributed by atoms with E-state index in [1.54, 1.807) is 0 Å². The van der Waals surface area contributed by atoms with E-state index in [-0.39, 0.29) is 18.4 Å². The van der Waals surface area contributed by atoms with Crippen LogP contribution in [0.3, 0.4) is 0 Å². The minimum Gasteiger partial charge on any atom is -0.354 e. The minimum absolute atomic E-state index is 0.114. The van der Waals surface area contributed by atoms with Gasteiger partial charge in [-0.2, -0.15) is 13.2 Å². The van der Waals surface area contributed by atoms with Gasteiger partial charge in [0.05, 0.1) is 12.1 Å². The molecule has 2 aliphatic rings. The molecule has 2 saturated heterocycles. The number of carbonyl (C=O) groups excluding carboxylic acids is 2. The van der Waals surface area contributed by atoms with Gasteiger partial charge in [-0.1, -0.05) is 12.1 Å². The summed E-state index contributed by atoms with van der Waals surface area (Å²) in [5.41, 5.74) is 0.197. The van der Waals surface area contributed by atoms with Crippen molar-refractivity contribution in [3.63, 3.8) is 0 Å². The third kappa shape index (κ3) is 6.43. The Balaban J connectivity index is 1.41. The van der Waals surface area contributed by atoms with E-state index in [4.69, 9.17) is 0 Å². The Bertz CT molecular complexity index is 701. The van der Waals surface area contributed by atoms with E-state index < -0.39 is 17.8 Å². The largest absolute Gasteiger partial charge is 0.416 e. The van der Waals surface area contributed by atoms with Crippen molar-refractivity contribution in [2.45, 2.75) is 38.0 Å². The van der Waals surface area contributed by atoms with Crippen LogP contribution in [0.5, 0.6) is 0 Å². The highest BCUT2D eigenvalue weighted by Crippen LogP contribution is 2.29. The van der Waals surface area contributed by atoms with Gasteiger partial charge < -0.3 is 10.6 Å². The molecule has 1 aromatic rings. The molecule has 0 bridgehead atoms. The van der Waals surface area contributed by atoms with Crippen molar-refractivity contribution in [2.24, 2.45) is 0 Å². The van der Waals surface area contributed by atoms with Crippen molar-refractivity contribution < 1.29 is 22.8 Å². The van der Waals surface area contributed by atoms with Gasteiger partial charge in [0, 0.05) is 39.3 Å². The molecule has 0 aliphatic carbocycles. The summed E-state index contributed by atoms with van der Waals surface area (Å²) in [6, 6.07) is 4.80. The second-order valence-corrected chi connectivity index (χ2v) is 7.65. The van der Waals surface area contributed by atoms with E-state index in [0.717, 1.165) is 43.6 Å². The third-order valence-corrected chi connectivity index (χ3v) is 5.39. The number of hydrogen-bond donors (Lipinski definition) is 2. The molecule has 0 spiro atoms. The highest BCUT2D eigenvalue weighted by molar-refractivity contribution is 5.88. The third-order valence-electron chi connectivity index (χ3n) is 5.39. The van der Waals surface area contributed by atoms with Crippen molar-refractivity contribution >= 4 is 11.8 Å². The molecule has 0 radical (unpaired) electrons. The molecule has 29 heavy (non-hydrogen) atoms. The fourth-order valence-electron chi connectivity index (χ4n) is 3.68. The van der Waals surface area contributed by atoms with Crippen LogP contribution in [0.2, 0.25) is 0 Å². The van der Waals surface area contributed by atoms with E-state index >= 15 is 0 Å². The van der Waals surface area contributed by atoms with Gasteiger partial charge in [-0.25, -0.2) is 0 Å². The van der Waals surface area contributed by atoms with Gasteiger partial charge in [0.2, 0.25) is 11.8 Å². The van der Waals surface area contributed by atoms with Crippen LogP contribution >= 0.6 is 0 Å². The smallest absolute Gasteiger partial charge is 0.354 e. The fourth-order valence-corrected chi connectivity index (χ4v) is 3.68. The second-order valence-electron chi connectivity index (χ2n) is 7.65. The molecule has 1 unspecified atom stereocenters. The molecule has 9 heteroatoms. The van der Waals surface area contributed by atoms with Crippen molar-refractivity contribution in [3.05, 3.63) is 35.4 Å². The Hall–Kier alpha value is -2.13. The molecule has 3 rings (SSSR count). The maximum atomic E-state index is 12.6. The van der Waals surface area contributed by atoms with Crippen molar-refractivity contribution in [2.75, 3.05) is 39.3 Å². The van der Waals surface area contributed by atoms with Crippen LogP contribution in [-0.4, -0.2) is 66.9 Å². The number of hydrogen-bond acceptors (Lipinski definition) is 4. The molecule has 0 aromatic heterocycles. The van der Waals surface area contributed by atoms with Crippen molar-refractivity contribution in [3.8, 4) is 0 Å². The zero-order valence-corrected chi connectivity index (χ0v) is 16.3. The molecule has 2 aliphatic heterocycles. The molecule has 2 heterocycles. The quantitative estimate of drug-likeness (QED) is 0.771. The lowest BCUT2D eigenvalue weighted by molar-refractivity contribution is -0.137.